The van der Waals surface area contributed by atoms with Gasteiger partial charge in [0.05, 0.1) is 0 Å². The minimum absolute atomic E-state index is 0.0133. The van der Waals surface area contributed by atoms with Crippen molar-refractivity contribution in [3.63, 3.8) is 0 Å². The lowest BCUT2D eigenvalue weighted by atomic mass is 10.0. The van der Waals surface area contributed by atoms with Gasteiger partial charge in [0.2, 0.25) is 0 Å². The first kappa shape index (κ1) is 60.2. The molecule has 9 saturated carbocycles. The summed E-state index contributed by atoms with van der Waals surface area (Å²) in [6.07, 6.45) is 48.1. The Morgan fingerprint density at radius 1 is 0.198 bits per heavy atom. The predicted octanol–water partition coefficient (Wildman–Crippen LogP) is 17.6. The first-order chi connectivity index (χ1) is 39.3. The zero-order chi connectivity index (χ0) is 54.9. The third-order valence-electron chi connectivity index (χ3n) is 23.1. The van der Waals surface area contributed by atoms with Gasteiger partial charge in [0.15, 0.2) is 8.32 Å². The standard InChI is InChI=1S/C57H108O14Si10/c1-72(2,3)58-73(49-31-13-4-14-32-49)59-74(50-33-15-5-16-34-50)61-76(52-37-19-7-20-38-52)65-78(54-41-23-9-24-42-54)63-75(60-73,51-35-17-6-18-36-51)64-79(55-43-25-10-26-44-55)66-77(62-74,53-39-21-8-22-40-53)68-80(67-76,56-45-27-11-28-46-56)71-81(69-78,70-79)57-47-29-12-30-48-57/h49-57H,4-48H2,1-3H3. The molecule has 4 atom stereocenters. The van der Waals surface area contributed by atoms with E-state index in [0.29, 0.717) is 0 Å². The number of fused-ring (bicyclic) bond motifs is 2. The van der Waals surface area contributed by atoms with Crippen LogP contribution >= 0.6 is 0 Å². The SMILES string of the molecule is C[Si](C)(C)O[Si]1(C2CCCCC2)O[Si]2(C3CCCCC3)O[Si]3(C4CCCCC4)O[Si]4(C5CCCCC5)O[Si](C5CCCCC5)(O1)O[Si]1(C5CCCCC5)O[Si](C5CCCCC5)(O2)O[Si](C2CCCCC2)(O3)O[Si](C2CCCCC2)(O4)O1. The molecule has 15 fully saturated rings. The summed E-state index contributed by atoms with van der Waals surface area (Å²) < 4.78 is 127. The lowest BCUT2D eigenvalue weighted by Gasteiger charge is -2.67. The summed E-state index contributed by atoms with van der Waals surface area (Å²) in [6, 6.07) is 0. The van der Waals surface area contributed by atoms with Gasteiger partial charge in [-0.1, -0.05) is 173 Å². The molecule has 6 heterocycles. The second kappa shape index (κ2) is 24.3. The topological polar surface area (TPSA) is 129 Å². The van der Waals surface area contributed by atoms with Gasteiger partial charge >= 0.3 is 79.2 Å². The summed E-state index contributed by atoms with van der Waals surface area (Å²) in [7, 11) is -40.7. The first-order valence-corrected chi connectivity index (χ1v) is 54.8. The molecule has 460 valence electrons. The van der Waals surface area contributed by atoms with E-state index in [9.17, 15) is 16.5 Å². The lowest BCUT2D eigenvalue weighted by Crippen LogP contribution is -2.90. The van der Waals surface area contributed by atoms with E-state index in [1.165, 1.54) is 57.8 Å². The van der Waals surface area contributed by atoms with Crippen molar-refractivity contribution >= 4 is 87.6 Å². The van der Waals surface area contributed by atoms with Crippen molar-refractivity contribution in [2.45, 2.75) is 358 Å². The summed E-state index contributed by atoms with van der Waals surface area (Å²) in [4.78, 5) is 0. The fourth-order valence-electron chi connectivity index (χ4n) is 18.9. The van der Waals surface area contributed by atoms with E-state index in [-0.39, 0.29) is 49.9 Å². The van der Waals surface area contributed by atoms with Gasteiger partial charge in [-0.2, -0.15) is 0 Å². The molecule has 9 aliphatic carbocycles. The van der Waals surface area contributed by atoms with Crippen LogP contribution in [0.2, 0.25) is 69.5 Å². The van der Waals surface area contributed by atoms with Crippen LogP contribution in [0.1, 0.15) is 289 Å². The maximum absolute atomic E-state index is 9.19. The monoisotopic (exact) mass is 1300 g/mol. The van der Waals surface area contributed by atoms with Gasteiger partial charge < -0.3 is 57.6 Å². The zero-order valence-electron chi connectivity index (χ0n) is 50.7. The van der Waals surface area contributed by atoms with E-state index in [1.807, 2.05) is 0 Å². The van der Waals surface area contributed by atoms with Crippen LogP contribution in [-0.2, 0) is 57.6 Å². The average Bonchev–Trinajstić information content (AvgIpc) is 3.68. The van der Waals surface area contributed by atoms with Gasteiger partial charge in [-0.25, -0.2) is 0 Å². The number of hydrogen-bond donors (Lipinski definition) is 0. The number of rotatable bonds is 11. The van der Waals surface area contributed by atoms with Crippen LogP contribution in [0.15, 0.2) is 0 Å². The Labute approximate surface area is 500 Å². The Morgan fingerprint density at radius 3 is 0.481 bits per heavy atom. The van der Waals surface area contributed by atoms with E-state index >= 15 is 0 Å². The second-order valence-electron chi connectivity index (χ2n) is 30.0. The molecule has 81 heavy (non-hydrogen) atoms. The molecule has 0 spiro atoms. The van der Waals surface area contributed by atoms with Crippen LogP contribution in [0, 0.1) is 0 Å². The van der Waals surface area contributed by atoms with E-state index in [1.54, 1.807) is 0 Å². The van der Waals surface area contributed by atoms with Gasteiger partial charge in [0.25, 0.3) is 0 Å². The van der Waals surface area contributed by atoms with Crippen LogP contribution in [0.4, 0.5) is 0 Å². The summed E-state index contributed by atoms with van der Waals surface area (Å²) in [5.74, 6) is 0. The summed E-state index contributed by atoms with van der Waals surface area (Å²) in [6.45, 7) is 7.18. The minimum atomic E-state index is -4.32. The molecule has 14 nitrogen and oxygen atoms in total. The van der Waals surface area contributed by atoms with Crippen LogP contribution in [0.25, 0.3) is 0 Å². The molecule has 15 aliphatic rings. The molecule has 0 aromatic rings. The molecule has 0 aromatic heterocycles. The molecule has 8 bridgehead atoms. The quantitative estimate of drug-likeness (QED) is 0.182. The molecule has 0 aromatic carbocycles. The highest BCUT2D eigenvalue weighted by Crippen LogP contribution is 2.66. The fraction of sp³-hybridized carbons (Fsp3) is 1.00. The highest BCUT2D eigenvalue weighted by atomic mass is 28.6. The smallest absolute Gasteiger partial charge is 0.417 e. The maximum Gasteiger partial charge on any atom is 0.482 e. The van der Waals surface area contributed by atoms with E-state index in [2.05, 4.69) is 19.6 Å². The molecule has 4 unspecified atom stereocenters. The summed E-state index contributed by atoms with van der Waals surface area (Å²) in [5, 5.41) is 0. The largest absolute Gasteiger partial charge is 0.482 e. The molecule has 6 aliphatic heterocycles. The predicted molar refractivity (Wildman–Crippen MR) is 332 cm³/mol. The van der Waals surface area contributed by atoms with Crippen molar-refractivity contribution in [3.05, 3.63) is 0 Å². The normalized spacial score (nSPS) is 45.4. The van der Waals surface area contributed by atoms with Gasteiger partial charge in [0, 0.05) is 49.9 Å². The molecular formula is C57H108O14Si10. The Kier molecular flexibility index (Phi) is 18.1. The third kappa shape index (κ3) is 11.6. The molecule has 15 rings (SSSR count). The Hall–Kier alpha value is 1.61. The number of hydrogen-bond acceptors (Lipinski definition) is 14. The van der Waals surface area contributed by atoms with Gasteiger partial charge in [0.1, 0.15) is 0 Å². The minimum Gasteiger partial charge on any atom is -0.417 e. The van der Waals surface area contributed by atoms with Gasteiger partial charge in [-0.15, -0.1) is 0 Å². The second-order valence-corrected chi connectivity index (χ2v) is 63.9. The fourth-order valence-corrected chi connectivity index (χ4v) is 85.6. The Bertz CT molecular complexity index is 1920. The van der Waals surface area contributed by atoms with Crippen molar-refractivity contribution in [1.29, 1.82) is 0 Å². The highest BCUT2D eigenvalue weighted by molar-refractivity contribution is 7.04. The summed E-state index contributed by atoms with van der Waals surface area (Å²) in [5.41, 5.74) is -0.0870. The highest BCUT2D eigenvalue weighted by Gasteiger charge is 2.88. The van der Waals surface area contributed by atoms with Crippen molar-refractivity contribution in [1.82, 2.24) is 0 Å². The zero-order valence-corrected chi connectivity index (χ0v) is 60.7. The maximum atomic E-state index is 9.19. The first-order valence-electron chi connectivity index (χ1n) is 35.2. The Balaban J connectivity index is 1.16. The molecule has 0 amide bonds. The molecular weight excluding hydrogens is 1190 g/mol. The molecule has 24 heteroatoms. The Morgan fingerprint density at radius 2 is 0.333 bits per heavy atom. The van der Waals surface area contributed by atoms with E-state index < -0.39 is 87.6 Å². The third-order valence-corrected chi connectivity index (χ3v) is 70.5. The van der Waals surface area contributed by atoms with Gasteiger partial charge in [-0.05, 0) is 135 Å². The van der Waals surface area contributed by atoms with Crippen molar-refractivity contribution in [3.8, 4) is 0 Å². The average molecular weight is 1300 g/mol. The molecule has 0 radical (unpaired) electrons. The van der Waals surface area contributed by atoms with Crippen LogP contribution in [-0.4, -0.2) is 87.6 Å². The van der Waals surface area contributed by atoms with Crippen LogP contribution in [0.5, 0.6) is 0 Å². The van der Waals surface area contributed by atoms with Crippen molar-refractivity contribution < 1.29 is 57.6 Å². The molecule has 0 N–H and O–H groups in total. The summed E-state index contributed by atoms with van der Waals surface area (Å²) >= 11 is 0. The van der Waals surface area contributed by atoms with E-state index in [4.69, 9.17) is 41.2 Å². The van der Waals surface area contributed by atoms with E-state index in [0.717, 1.165) is 231 Å². The van der Waals surface area contributed by atoms with Crippen LogP contribution < -0.4 is 0 Å². The van der Waals surface area contributed by atoms with Gasteiger partial charge in [-0.3, -0.25) is 0 Å². The molecule has 6 saturated heterocycles. The lowest BCUT2D eigenvalue weighted by molar-refractivity contribution is -0.0449. The van der Waals surface area contributed by atoms with Crippen LogP contribution in [0.3, 0.4) is 0 Å². The van der Waals surface area contributed by atoms with Crippen molar-refractivity contribution in [2.24, 2.45) is 0 Å². The van der Waals surface area contributed by atoms with Crippen molar-refractivity contribution in [2.75, 3.05) is 0 Å².